The number of aromatic nitrogens is 4. The lowest BCUT2D eigenvalue weighted by Crippen LogP contribution is -1.93. The predicted molar refractivity (Wildman–Crippen MR) is 312 cm³/mol. The quantitative estimate of drug-likeness (QED) is 0.160. The lowest BCUT2D eigenvalue weighted by atomic mass is 9.99. The summed E-state index contributed by atoms with van der Waals surface area (Å²) in [6, 6.07) is 90.6. The molecule has 6 heteroatoms. The van der Waals surface area contributed by atoms with Crippen molar-refractivity contribution in [2.45, 2.75) is 0 Å². The molecule has 16 aromatic rings. The topological polar surface area (TPSA) is 61.9 Å². The fourth-order valence-electron chi connectivity index (χ4n) is 11.7. The van der Waals surface area contributed by atoms with Crippen LogP contribution in [0.5, 0.6) is 0 Å². The standard InChI is InChI=1S/C70H42N4O2/c1-3-13-47-39-49(25-23-43(47)11-1)51-31-37-65-59(41-51)55-15-5-7-21-63(55)73(65)53-33-27-45(28-34-53)69-71-61-19-9-17-57(67(61)75-69)58-18-10-20-62-68(58)76-70(72-62)46-29-35-54(36-30-46)74-64-22-8-6-16-56(64)60-42-52(32-38-66(60)74)50-26-24-44-12-2-4-14-48(44)40-50/h1-42H. The number of rotatable bonds is 7. The fraction of sp³-hybridized carbons (Fsp3) is 0. The number of benzene rings is 12. The zero-order valence-corrected chi connectivity index (χ0v) is 40.9. The normalized spacial score (nSPS) is 11.9. The average Bonchev–Trinajstić information content (AvgIpc) is 4.29. The second-order valence-electron chi connectivity index (χ2n) is 19.7. The number of para-hydroxylation sites is 4. The summed E-state index contributed by atoms with van der Waals surface area (Å²) in [5, 5.41) is 9.82. The van der Waals surface area contributed by atoms with Crippen LogP contribution in [0.1, 0.15) is 0 Å². The van der Waals surface area contributed by atoms with E-state index in [-0.39, 0.29) is 0 Å². The van der Waals surface area contributed by atoms with E-state index in [9.17, 15) is 0 Å². The molecule has 0 aliphatic rings. The summed E-state index contributed by atoms with van der Waals surface area (Å²) in [4.78, 5) is 10.1. The number of hydrogen-bond donors (Lipinski definition) is 0. The van der Waals surface area contributed by atoms with Crippen LogP contribution in [-0.2, 0) is 0 Å². The fourth-order valence-corrected chi connectivity index (χ4v) is 11.7. The van der Waals surface area contributed by atoms with Gasteiger partial charge in [-0.2, -0.15) is 0 Å². The highest BCUT2D eigenvalue weighted by atomic mass is 16.4. The summed E-state index contributed by atoms with van der Waals surface area (Å²) >= 11 is 0. The minimum Gasteiger partial charge on any atom is -0.435 e. The molecule has 0 unspecified atom stereocenters. The third kappa shape index (κ3) is 6.67. The Hall–Kier alpha value is -10.3. The molecule has 4 aromatic heterocycles. The zero-order valence-electron chi connectivity index (χ0n) is 40.9. The smallest absolute Gasteiger partial charge is 0.227 e. The first-order valence-electron chi connectivity index (χ1n) is 25.7. The minimum absolute atomic E-state index is 0.551. The van der Waals surface area contributed by atoms with Crippen LogP contribution < -0.4 is 0 Å². The van der Waals surface area contributed by atoms with Crippen molar-refractivity contribution in [1.29, 1.82) is 0 Å². The molecule has 6 nitrogen and oxygen atoms in total. The molecule has 0 spiro atoms. The molecule has 354 valence electrons. The van der Waals surface area contributed by atoms with Gasteiger partial charge in [0.1, 0.15) is 11.0 Å². The van der Waals surface area contributed by atoms with E-state index >= 15 is 0 Å². The first-order valence-corrected chi connectivity index (χ1v) is 25.7. The maximum Gasteiger partial charge on any atom is 0.227 e. The molecule has 12 aromatic carbocycles. The van der Waals surface area contributed by atoms with Crippen molar-refractivity contribution < 1.29 is 8.83 Å². The van der Waals surface area contributed by atoms with Crippen molar-refractivity contribution in [3.63, 3.8) is 0 Å². The summed E-state index contributed by atoms with van der Waals surface area (Å²) in [5.41, 5.74) is 18.0. The van der Waals surface area contributed by atoms with Gasteiger partial charge in [-0.15, -0.1) is 0 Å². The number of oxazole rings is 2. The molecule has 4 heterocycles. The van der Waals surface area contributed by atoms with Gasteiger partial charge < -0.3 is 18.0 Å². The van der Waals surface area contributed by atoms with Gasteiger partial charge in [0, 0.05) is 55.2 Å². The second-order valence-corrected chi connectivity index (χ2v) is 19.7. The van der Waals surface area contributed by atoms with Crippen LogP contribution in [0.25, 0.3) is 155 Å². The summed E-state index contributed by atoms with van der Waals surface area (Å²) in [5.74, 6) is 1.10. The van der Waals surface area contributed by atoms with Crippen LogP contribution in [0.4, 0.5) is 0 Å². The van der Waals surface area contributed by atoms with Crippen LogP contribution in [0.3, 0.4) is 0 Å². The molecule has 0 aliphatic carbocycles. The molecular weight excluding hydrogens is 929 g/mol. The largest absolute Gasteiger partial charge is 0.435 e. The molecule has 76 heavy (non-hydrogen) atoms. The summed E-state index contributed by atoms with van der Waals surface area (Å²) < 4.78 is 18.1. The molecule has 0 saturated carbocycles. The van der Waals surface area contributed by atoms with E-state index in [4.69, 9.17) is 18.8 Å². The summed E-state index contributed by atoms with van der Waals surface area (Å²) in [6.45, 7) is 0. The third-order valence-electron chi connectivity index (χ3n) is 15.4. The molecule has 0 radical (unpaired) electrons. The molecule has 0 atom stereocenters. The van der Waals surface area contributed by atoms with Gasteiger partial charge in [0.05, 0.1) is 22.1 Å². The van der Waals surface area contributed by atoms with Gasteiger partial charge in [0.25, 0.3) is 0 Å². The number of nitrogens with zero attached hydrogens (tertiary/aromatic N) is 4. The van der Waals surface area contributed by atoms with Gasteiger partial charge in [-0.05, 0) is 153 Å². The van der Waals surface area contributed by atoms with Crippen LogP contribution in [0.15, 0.2) is 264 Å². The lowest BCUT2D eigenvalue weighted by Gasteiger charge is -2.09. The predicted octanol–water partition coefficient (Wildman–Crippen LogP) is 18.8. The Balaban J connectivity index is 0.709. The van der Waals surface area contributed by atoms with E-state index in [2.05, 4.69) is 240 Å². The van der Waals surface area contributed by atoms with Gasteiger partial charge in [0.15, 0.2) is 11.2 Å². The Morgan fingerprint density at radius 3 is 1.09 bits per heavy atom. The number of hydrogen-bond acceptors (Lipinski definition) is 4. The molecule has 0 N–H and O–H groups in total. The Kier molecular flexibility index (Phi) is 9.23. The Morgan fingerprint density at radius 2 is 0.632 bits per heavy atom. The first-order chi connectivity index (χ1) is 37.6. The molecule has 0 bridgehead atoms. The second kappa shape index (κ2) is 16.6. The van der Waals surface area contributed by atoms with Crippen molar-refractivity contribution in [3.05, 3.63) is 255 Å². The highest BCUT2D eigenvalue weighted by Gasteiger charge is 2.21. The molecule has 0 saturated heterocycles. The van der Waals surface area contributed by atoms with Crippen molar-refractivity contribution in [3.8, 4) is 67.7 Å². The highest BCUT2D eigenvalue weighted by Crippen LogP contribution is 2.41. The molecule has 0 aliphatic heterocycles. The van der Waals surface area contributed by atoms with Crippen molar-refractivity contribution >= 4 is 87.4 Å². The van der Waals surface area contributed by atoms with Crippen molar-refractivity contribution in [1.82, 2.24) is 19.1 Å². The molecule has 16 rings (SSSR count). The lowest BCUT2D eigenvalue weighted by molar-refractivity contribution is 0.616. The average molecular weight is 971 g/mol. The Morgan fingerprint density at radius 1 is 0.263 bits per heavy atom. The SMILES string of the molecule is c1ccc2cc(-c3ccc4c(c3)c3ccccc3n4-c3ccc(-c4nc5cccc(-c6cccc7nc(-c8ccc(-n9c%10ccccc%10c%10cc(-c%11ccc%12ccccc%12c%11)ccc%109)cc8)oc67)c5o4)cc3)ccc2c1. The van der Waals surface area contributed by atoms with Crippen LogP contribution in [0, 0.1) is 0 Å². The van der Waals surface area contributed by atoms with Crippen LogP contribution in [-0.4, -0.2) is 19.1 Å². The van der Waals surface area contributed by atoms with Gasteiger partial charge in [-0.25, -0.2) is 9.97 Å². The van der Waals surface area contributed by atoms with Gasteiger partial charge in [-0.1, -0.05) is 146 Å². The Bertz CT molecular complexity index is 4680. The van der Waals surface area contributed by atoms with Crippen LogP contribution >= 0.6 is 0 Å². The van der Waals surface area contributed by atoms with E-state index in [1.807, 2.05) is 24.3 Å². The zero-order chi connectivity index (χ0) is 49.8. The van der Waals surface area contributed by atoms with E-state index in [1.165, 1.54) is 65.3 Å². The monoisotopic (exact) mass is 970 g/mol. The number of fused-ring (bicyclic) bond motifs is 10. The summed E-state index contributed by atoms with van der Waals surface area (Å²) in [6.07, 6.45) is 0. The highest BCUT2D eigenvalue weighted by molar-refractivity contribution is 6.12. The minimum atomic E-state index is 0.551. The van der Waals surface area contributed by atoms with E-state index in [1.54, 1.807) is 0 Å². The third-order valence-corrected chi connectivity index (χ3v) is 15.4. The van der Waals surface area contributed by atoms with E-state index < -0.39 is 0 Å². The van der Waals surface area contributed by atoms with Crippen molar-refractivity contribution in [2.75, 3.05) is 0 Å². The maximum atomic E-state index is 6.70. The van der Waals surface area contributed by atoms with Gasteiger partial charge >= 0.3 is 0 Å². The maximum absolute atomic E-state index is 6.70. The van der Waals surface area contributed by atoms with Crippen LogP contribution in [0.2, 0.25) is 0 Å². The van der Waals surface area contributed by atoms with E-state index in [0.717, 1.165) is 66.7 Å². The molecule has 0 fully saturated rings. The van der Waals surface area contributed by atoms with Crippen molar-refractivity contribution in [2.24, 2.45) is 0 Å². The molecular formula is C70H42N4O2. The van der Waals surface area contributed by atoms with Gasteiger partial charge in [-0.3, -0.25) is 0 Å². The Labute approximate surface area is 435 Å². The van der Waals surface area contributed by atoms with Gasteiger partial charge in [0.2, 0.25) is 11.8 Å². The summed E-state index contributed by atoms with van der Waals surface area (Å²) in [7, 11) is 0. The molecule has 0 amide bonds. The van der Waals surface area contributed by atoms with E-state index in [0.29, 0.717) is 22.9 Å². The first kappa shape index (κ1) is 42.2.